The van der Waals surface area contributed by atoms with Crippen molar-refractivity contribution in [2.45, 2.75) is 57.3 Å². The number of rotatable bonds is 6. The first-order valence-corrected chi connectivity index (χ1v) is 9.66. The summed E-state index contributed by atoms with van der Waals surface area (Å²) in [6, 6.07) is 8.84. The maximum Gasteiger partial charge on any atom is 0.338 e. The molecule has 1 aliphatic carbocycles. The quantitative estimate of drug-likeness (QED) is 0.464. The number of ether oxygens (including phenoxy) is 2. The Kier molecular flexibility index (Phi) is 6.21. The van der Waals surface area contributed by atoms with E-state index in [0.717, 1.165) is 0 Å². The fourth-order valence-electron chi connectivity index (χ4n) is 3.91. The van der Waals surface area contributed by atoms with Gasteiger partial charge in [-0.1, -0.05) is 30.4 Å². The average Bonchev–Trinajstić information content (AvgIpc) is 3.16. The van der Waals surface area contributed by atoms with Crippen LogP contribution in [0.25, 0.3) is 0 Å². The third kappa shape index (κ3) is 4.82. The summed E-state index contributed by atoms with van der Waals surface area (Å²) >= 11 is 0. The van der Waals surface area contributed by atoms with E-state index < -0.39 is 11.7 Å². The van der Waals surface area contributed by atoms with Crippen LogP contribution in [0.3, 0.4) is 0 Å². The Bertz CT molecular complexity index is 799. The zero-order valence-electron chi connectivity index (χ0n) is 16.3. The molecule has 1 aromatic rings. The lowest BCUT2D eigenvalue weighted by atomic mass is 9.89. The second-order valence-corrected chi connectivity index (χ2v) is 7.66. The van der Waals surface area contributed by atoms with E-state index in [0.29, 0.717) is 31.2 Å². The molecule has 2 aliphatic rings. The lowest BCUT2D eigenvalue weighted by Gasteiger charge is -2.23. The molecule has 5 heteroatoms. The van der Waals surface area contributed by atoms with Gasteiger partial charge in [-0.05, 0) is 32.4 Å². The minimum atomic E-state index is -1.01. The predicted octanol–water partition coefficient (Wildman–Crippen LogP) is 3.27. The van der Waals surface area contributed by atoms with Gasteiger partial charge in [0, 0.05) is 24.7 Å². The number of hydrogen-bond donors (Lipinski definition) is 1. The molecule has 2 fully saturated rings. The maximum absolute atomic E-state index is 12.5. The van der Waals surface area contributed by atoms with E-state index in [1.807, 2.05) is 12.1 Å². The highest BCUT2D eigenvalue weighted by Crippen LogP contribution is 2.44. The van der Waals surface area contributed by atoms with Crippen LogP contribution in [0.15, 0.2) is 42.5 Å². The van der Waals surface area contributed by atoms with Gasteiger partial charge in [0.1, 0.15) is 12.2 Å². The molecule has 1 aromatic carbocycles. The Morgan fingerprint density at radius 3 is 2.86 bits per heavy atom. The van der Waals surface area contributed by atoms with Crippen molar-refractivity contribution in [3.8, 4) is 11.8 Å². The van der Waals surface area contributed by atoms with Crippen LogP contribution in [-0.2, 0) is 14.3 Å². The number of carbonyl (C=O) groups is 2. The number of hydrogen-bond acceptors (Lipinski definition) is 5. The Hall–Kier alpha value is -2.58. The molecular weight excluding hydrogens is 356 g/mol. The van der Waals surface area contributed by atoms with Gasteiger partial charge < -0.3 is 14.6 Å². The first-order valence-electron chi connectivity index (χ1n) is 9.66. The highest BCUT2D eigenvalue weighted by Gasteiger charge is 2.50. The average molecular weight is 382 g/mol. The Labute approximate surface area is 165 Å². The van der Waals surface area contributed by atoms with Crippen LogP contribution in [0.4, 0.5) is 0 Å². The summed E-state index contributed by atoms with van der Waals surface area (Å²) in [5.74, 6) is 4.95. The second kappa shape index (κ2) is 8.62. The van der Waals surface area contributed by atoms with E-state index in [1.165, 1.54) is 0 Å². The maximum atomic E-state index is 12.5. The summed E-state index contributed by atoms with van der Waals surface area (Å²) in [5, 5.41) is 10.6. The minimum absolute atomic E-state index is 0.0384. The molecular formula is C23H26O5. The summed E-state index contributed by atoms with van der Waals surface area (Å²) in [6.45, 7) is 3.50. The first-order chi connectivity index (χ1) is 13.4. The van der Waals surface area contributed by atoms with Gasteiger partial charge in [-0.15, -0.1) is 11.8 Å². The Morgan fingerprint density at radius 2 is 2.14 bits per heavy atom. The molecule has 5 atom stereocenters. The molecule has 0 radical (unpaired) electrons. The molecule has 0 aromatic heterocycles. The van der Waals surface area contributed by atoms with Crippen molar-refractivity contribution in [2.24, 2.45) is 11.8 Å². The Balaban J connectivity index is 1.73. The van der Waals surface area contributed by atoms with Crippen molar-refractivity contribution in [2.75, 3.05) is 0 Å². The number of esters is 2. The first kappa shape index (κ1) is 20.2. The summed E-state index contributed by atoms with van der Waals surface area (Å²) in [7, 11) is 0. The predicted molar refractivity (Wildman–Crippen MR) is 104 cm³/mol. The number of benzene rings is 1. The van der Waals surface area contributed by atoms with Crippen molar-refractivity contribution in [3.63, 3.8) is 0 Å². The van der Waals surface area contributed by atoms with Crippen LogP contribution in [0.1, 0.15) is 49.9 Å². The van der Waals surface area contributed by atoms with Crippen molar-refractivity contribution in [1.82, 2.24) is 0 Å². The standard InChI is InChI=1S/C23H26O5/c1-3-4-8-12-23(2,26)13-11-17-18-14-21(24)27-20(18)15-19(17)28-22(25)16-9-6-5-7-10-16/h5-7,9-11,13,17-20,26H,8,12,14-15H2,1-2H3/t17-,18-,19-,20+,23?/m1/s1. The van der Waals surface area contributed by atoms with Gasteiger partial charge >= 0.3 is 11.9 Å². The van der Waals surface area contributed by atoms with Crippen LogP contribution in [0.2, 0.25) is 0 Å². The van der Waals surface area contributed by atoms with E-state index in [2.05, 4.69) is 11.8 Å². The van der Waals surface area contributed by atoms with Gasteiger partial charge in [0.25, 0.3) is 0 Å². The van der Waals surface area contributed by atoms with Crippen LogP contribution >= 0.6 is 0 Å². The largest absolute Gasteiger partial charge is 0.462 e. The number of carbonyl (C=O) groups excluding carboxylic acids is 2. The number of aliphatic hydroxyl groups is 1. The molecule has 1 aliphatic heterocycles. The monoisotopic (exact) mass is 382 g/mol. The highest BCUT2D eigenvalue weighted by atomic mass is 16.6. The van der Waals surface area contributed by atoms with E-state index in [-0.39, 0.29) is 29.9 Å². The minimum Gasteiger partial charge on any atom is -0.462 e. The molecule has 1 saturated carbocycles. The van der Waals surface area contributed by atoms with Crippen molar-refractivity contribution >= 4 is 11.9 Å². The van der Waals surface area contributed by atoms with Crippen molar-refractivity contribution in [1.29, 1.82) is 0 Å². The van der Waals surface area contributed by atoms with Crippen molar-refractivity contribution < 1.29 is 24.2 Å². The molecule has 3 rings (SSSR count). The van der Waals surface area contributed by atoms with E-state index in [4.69, 9.17) is 9.47 Å². The van der Waals surface area contributed by atoms with Gasteiger partial charge in [0.15, 0.2) is 0 Å². The second-order valence-electron chi connectivity index (χ2n) is 7.66. The topological polar surface area (TPSA) is 72.8 Å². The summed E-state index contributed by atoms with van der Waals surface area (Å²) < 4.78 is 11.2. The molecule has 0 bridgehead atoms. The molecule has 1 unspecified atom stereocenters. The summed E-state index contributed by atoms with van der Waals surface area (Å²) in [6.07, 6.45) is 4.88. The SMILES string of the molecule is CC#CCCC(C)(O)C=C[C@@H]1[C@H]2CC(=O)O[C@H]2C[C@H]1OC(=O)c1ccccc1. The highest BCUT2D eigenvalue weighted by molar-refractivity contribution is 5.89. The molecule has 0 amide bonds. The lowest BCUT2D eigenvalue weighted by Crippen LogP contribution is -2.26. The van der Waals surface area contributed by atoms with Gasteiger partial charge in [-0.3, -0.25) is 4.79 Å². The van der Waals surface area contributed by atoms with E-state index in [9.17, 15) is 14.7 Å². The van der Waals surface area contributed by atoms with Crippen LogP contribution in [0.5, 0.6) is 0 Å². The van der Waals surface area contributed by atoms with Crippen LogP contribution in [-0.4, -0.2) is 34.9 Å². The van der Waals surface area contributed by atoms with Gasteiger partial charge in [0.05, 0.1) is 17.6 Å². The summed E-state index contributed by atoms with van der Waals surface area (Å²) in [5.41, 5.74) is -0.524. The fraction of sp³-hybridized carbons (Fsp3) is 0.478. The third-order valence-electron chi connectivity index (χ3n) is 5.43. The molecule has 28 heavy (non-hydrogen) atoms. The smallest absolute Gasteiger partial charge is 0.338 e. The van der Waals surface area contributed by atoms with Crippen molar-refractivity contribution in [3.05, 3.63) is 48.0 Å². The van der Waals surface area contributed by atoms with E-state index in [1.54, 1.807) is 44.2 Å². The van der Waals surface area contributed by atoms with Crippen LogP contribution in [0, 0.1) is 23.7 Å². The lowest BCUT2D eigenvalue weighted by molar-refractivity contribution is -0.141. The molecule has 1 heterocycles. The molecule has 5 nitrogen and oxygen atoms in total. The Morgan fingerprint density at radius 1 is 1.39 bits per heavy atom. The molecule has 148 valence electrons. The number of fused-ring (bicyclic) bond motifs is 1. The third-order valence-corrected chi connectivity index (χ3v) is 5.43. The zero-order chi connectivity index (χ0) is 20.1. The molecule has 0 spiro atoms. The van der Waals surface area contributed by atoms with Gasteiger partial charge in [-0.25, -0.2) is 4.79 Å². The zero-order valence-corrected chi connectivity index (χ0v) is 16.3. The van der Waals surface area contributed by atoms with E-state index >= 15 is 0 Å². The van der Waals surface area contributed by atoms with Gasteiger partial charge in [0.2, 0.25) is 0 Å². The molecule has 1 N–H and O–H groups in total. The molecule has 1 saturated heterocycles. The normalized spacial score (nSPS) is 28.2. The fourth-order valence-corrected chi connectivity index (χ4v) is 3.91. The summed E-state index contributed by atoms with van der Waals surface area (Å²) in [4.78, 5) is 24.2. The van der Waals surface area contributed by atoms with Crippen LogP contribution < -0.4 is 0 Å². The van der Waals surface area contributed by atoms with Gasteiger partial charge in [-0.2, -0.15) is 0 Å².